The lowest BCUT2D eigenvalue weighted by Gasteiger charge is -2.19. The molecule has 2 rings (SSSR count). The summed E-state index contributed by atoms with van der Waals surface area (Å²) in [6.07, 6.45) is 2.72. The summed E-state index contributed by atoms with van der Waals surface area (Å²) < 4.78 is 1.87. The Hall–Kier alpha value is -1.43. The molecular weight excluding hydrogens is 262 g/mol. The Balaban J connectivity index is 2.44. The number of nitrogens with two attached hydrogens (primary N) is 1. The fourth-order valence-electron chi connectivity index (χ4n) is 2.13. The zero-order valence-electron chi connectivity index (χ0n) is 11.1. The average Bonchev–Trinajstić information content (AvgIpc) is 2.83. The van der Waals surface area contributed by atoms with Crippen molar-refractivity contribution in [2.45, 2.75) is 32.9 Å². The standard InChI is InChI=1S/C13H18ClN5/c1-3-6-19-12(8-16-18-19)13(17-15)11-7-10(14)5-4-9(11)2/h4-5,7-8,13,17H,3,6,15H2,1-2H3. The van der Waals surface area contributed by atoms with Crippen molar-refractivity contribution in [3.8, 4) is 0 Å². The van der Waals surface area contributed by atoms with E-state index in [1.807, 2.05) is 29.8 Å². The van der Waals surface area contributed by atoms with E-state index in [0.717, 1.165) is 29.8 Å². The van der Waals surface area contributed by atoms with E-state index in [1.165, 1.54) is 0 Å². The Morgan fingerprint density at radius 2 is 2.26 bits per heavy atom. The second-order valence-electron chi connectivity index (χ2n) is 4.48. The second-order valence-corrected chi connectivity index (χ2v) is 4.92. The topological polar surface area (TPSA) is 68.8 Å². The molecule has 0 radical (unpaired) electrons. The Bertz CT molecular complexity index is 552. The van der Waals surface area contributed by atoms with Crippen molar-refractivity contribution >= 4 is 11.6 Å². The van der Waals surface area contributed by atoms with Gasteiger partial charge in [-0.25, -0.2) is 10.1 Å². The molecule has 1 aromatic heterocycles. The highest BCUT2D eigenvalue weighted by Crippen LogP contribution is 2.26. The van der Waals surface area contributed by atoms with E-state index >= 15 is 0 Å². The lowest BCUT2D eigenvalue weighted by molar-refractivity contribution is 0.511. The maximum atomic E-state index is 6.07. The van der Waals surface area contributed by atoms with E-state index < -0.39 is 0 Å². The molecular formula is C13H18ClN5. The fraction of sp³-hybridized carbons (Fsp3) is 0.385. The Labute approximate surface area is 117 Å². The van der Waals surface area contributed by atoms with Gasteiger partial charge >= 0.3 is 0 Å². The third-order valence-electron chi connectivity index (χ3n) is 3.10. The van der Waals surface area contributed by atoms with Crippen molar-refractivity contribution in [3.05, 3.63) is 46.2 Å². The summed E-state index contributed by atoms with van der Waals surface area (Å²) in [4.78, 5) is 0. The first-order chi connectivity index (χ1) is 9.17. The van der Waals surface area contributed by atoms with Gasteiger partial charge in [-0.15, -0.1) is 5.10 Å². The molecule has 0 bridgehead atoms. The highest BCUT2D eigenvalue weighted by molar-refractivity contribution is 6.30. The van der Waals surface area contributed by atoms with Gasteiger partial charge in [0.25, 0.3) is 0 Å². The molecule has 19 heavy (non-hydrogen) atoms. The van der Waals surface area contributed by atoms with E-state index in [4.69, 9.17) is 17.4 Å². The van der Waals surface area contributed by atoms with Crippen LogP contribution in [0, 0.1) is 6.92 Å². The zero-order valence-corrected chi connectivity index (χ0v) is 11.9. The maximum Gasteiger partial charge on any atom is 0.0897 e. The van der Waals surface area contributed by atoms with Crippen LogP contribution in [0.5, 0.6) is 0 Å². The molecule has 0 saturated heterocycles. The van der Waals surface area contributed by atoms with Crippen LogP contribution in [-0.4, -0.2) is 15.0 Å². The highest BCUT2D eigenvalue weighted by Gasteiger charge is 2.19. The van der Waals surface area contributed by atoms with Crippen molar-refractivity contribution in [2.24, 2.45) is 5.84 Å². The smallest absolute Gasteiger partial charge is 0.0897 e. The molecule has 3 N–H and O–H groups in total. The van der Waals surface area contributed by atoms with Crippen LogP contribution in [0.4, 0.5) is 0 Å². The summed E-state index contributed by atoms with van der Waals surface area (Å²) in [5.41, 5.74) is 5.93. The van der Waals surface area contributed by atoms with Crippen molar-refractivity contribution in [1.82, 2.24) is 20.4 Å². The molecule has 0 spiro atoms. The Kier molecular flexibility index (Phi) is 4.52. The molecule has 0 aliphatic rings. The summed E-state index contributed by atoms with van der Waals surface area (Å²) >= 11 is 6.07. The molecule has 0 aliphatic heterocycles. The highest BCUT2D eigenvalue weighted by atomic mass is 35.5. The summed E-state index contributed by atoms with van der Waals surface area (Å²) in [5.74, 6) is 5.72. The minimum absolute atomic E-state index is 0.166. The number of nitrogens with one attached hydrogen (secondary N) is 1. The van der Waals surface area contributed by atoms with Crippen LogP contribution in [0.3, 0.4) is 0 Å². The lowest BCUT2D eigenvalue weighted by atomic mass is 9.99. The van der Waals surface area contributed by atoms with Crippen molar-refractivity contribution in [3.63, 3.8) is 0 Å². The Morgan fingerprint density at radius 3 is 2.95 bits per heavy atom. The largest absolute Gasteiger partial charge is 0.271 e. The number of aryl methyl sites for hydroxylation is 2. The monoisotopic (exact) mass is 279 g/mol. The normalized spacial score (nSPS) is 12.6. The summed E-state index contributed by atoms with van der Waals surface area (Å²) in [5, 5.41) is 8.75. The quantitative estimate of drug-likeness (QED) is 0.650. The zero-order chi connectivity index (χ0) is 13.8. The van der Waals surface area contributed by atoms with Crippen LogP contribution in [0.2, 0.25) is 5.02 Å². The fourth-order valence-corrected chi connectivity index (χ4v) is 2.31. The lowest BCUT2D eigenvalue weighted by Crippen LogP contribution is -2.31. The van der Waals surface area contributed by atoms with E-state index in [1.54, 1.807) is 6.20 Å². The van der Waals surface area contributed by atoms with Gasteiger partial charge in [0.1, 0.15) is 0 Å². The van der Waals surface area contributed by atoms with Crippen LogP contribution in [0.1, 0.15) is 36.2 Å². The minimum Gasteiger partial charge on any atom is -0.271 e. The molecule has 102 valence electrons. The maximum absolute atomic E-state index is 6.07. The first-order valence-electron chi connectivity index (χ1n) is 6.28. The molecule has 0 amide bonds. The molecule has 5 nitrogen and oxygen atoms in total. The molecule has 1 atom stereocenters. The third-order valence-corrected chi connectivity index (χ3v) is 3.33. The van der Waals surface area contributed by atoms with E-state index in [9.17, 15) is 0 Å². The van der Waals surface area contributed by atoms with Gasteiger partial charge in [0, 0.05) is 11.6 Å². The van der Waals surface area contributed by atoms with Gasteiger partial charge in [-0.05, 0) is 36.6 Å². The molecule has 0 saturated carbocycles. The van der Waals surface area contributed by atoms with E-state index in [2.05, 4.69) is 22.7 Å². The first kappa shape index (κ1) is 14.0. The minimum atomic E-state index is -0.166. The van der Waals surface area contributed by atoms with Crippen LogP contribution >= 0.6 is 11.6 Å². The molecule has 1 unspecified atom stereocenters. The number of hydrogen-bond acceptors (Lipinski definition) is 4. The molecule has 0 fully saturated rings. The number of aromatic nitrogens is 3. The third kappa shape index (κ3) is 2.94. The molecule has 0 aliphatic carbocycles. The van der Waals surface area contributed by atoms with E-state index in [-0.39, 0.29) is 6.04 Å². The number of rotatable bonds is 5. The second kappa shape index (κ2) is 6.14. The van der Waals surface area contributed by atoms with Gasteiger partial charge in [0.15, 0.2) is 0 Å². The average molecular weight is 280 g/mol. The van der Waals surface area contributed by atoms with Crippen molar-refractivity contribution in [2.75, 3.05) is 0 Å². The first-order valence-corrected chi connectivity index (χ1v) is 6.65. The predicted molar refractivity (Wildman–Crippen MR) is 75.7 cm³/mol. The number of benzene rings is 1. The van der Waals surface area contributed by atoms with Crippen LogP contribution in [-0.2, 0) is 6.54 Å². The molecule has 1 heterocycles. The molecule has 2 aromatic rings. The summed E-state index contributed by atoms with van der Waals surface area (Å²) in [6, 6.07) is 5.61. The van der Waals surface area contributed by atoms with Crippen LogP contribution in [0.15, 0.2) is 24.4 Å². The van der Waals surface area contributed by atoms with Gasteiger partial charge < -0.3 is 0 Å². The van der Waals surface area contributed by atoms with Crippen LogP contribution < -0.4 is 11.3 Å². The summed E-state index contributed by atoms with van der Waals surface area (Å²) in [7, 11) is 0. The number of nitrogens with zero attached hydrogens (tertiary/aromatic N) is 3. The molecule has 6 heteroatoms. The van der Waals surface area contributed by atoms with Gasteiger partial charge in [-0.1, -0.05) is 29.8 Å². The SMILES string of the molecule is CCCn1nncc1C(NN)c1cc(Cl)ccc1C. The van der Waals surface area contributed by atoms with Gasteiger partial charge in [0.05, 0.1) is 17.9 Å². The van der Waals surface area contributed by atoms with Gasteiger partial charge in [-0.3, -0.25) is 5.84 Å². The van der Waals surface area contributed by atoms with Crippen molar-refractivity contribution in [1.29, 1.82) is 0 Å². The summed E-state index contributed by atoms with van der Waals surface area (Å²) in [6.45, 7) is 4.94. The Morgan fingerprint density at radius 1 is 1.47 bits per heavy atom. The number of halogens is 1. The van der Waals surface area contributed by atoms with Gasteiger partial charge in [0.2, 0.25) is 0 Å². The van der Waals surface area contributed by atoms with Gasteiger partial charge in [-0.2, -0.15) is 0 Å². The number of hydrazine groups is 1. The van der Waals surface area contributed by atoms with E-state index in [0.29, 0.717) is 5.02 Å². The van der Waals surface area contributed by atoms with Crippen LogP contribution in [0.25, 0.3) is 0 Å². The predicted octanol–water partition coefficient (Wildman–Crippen LogP) is 2.20. The number of hydrogen-bond donors (Lipinski definition) is 2. The molecule has 1 aromatic carbocycles. The van der Waals surface area contributed by atoms with Crippen molar-refractivity contribution < 1.29 is 0 Å².